The third kappa shape index (κ3) is 5.56. The van der Waals surface area contributed by atoms with Crippen molar-refractivity contribution in [3.8, 4) is 5.75 Å². The maximum absolute atomic E-state index is 11.4. The van der Waals surface area contributed by atoms with Crippen molar-refractivity contribution in [1.29, 1.82) is 0 Å². The molecule has 0 spiro atoms. The monoisotopic (exact) mass is 323 g/mol. The molecule has 0 aromatic heterocycles. The van der Waals surface area contributed by atoms with Gasteiger partial charge in [-0.15, -0.1) is 0 Å². The van der Waals surface area contributed by atoms with Gasteiger partial charge < -0.3 is 19.9 Å². The number of carbonyl (C=O) groups excluding carboxylic acids is 1. The third-order valence-corrected chi connectivity index (χ3v) is 4.11. The lowest BCUT2D eigenvalue weighted by Gasteiger charge is -2.27. The van der Waals surface area contributed by atoms with Crippen LogP contribution in [0.3, 0.4) is 0 Å². The molecule has 23 heavy (non-hydrogen) atoms. The zero-order valence-electron chi connectivity index (χ0n) is 13.9. The first-order chi connectivity index (χ1) is 11.0. The molecule has 0 bridgehead atoms. The highest BCUT2D eigenvalue weighted by Crippen LogP contribution is 2.25. The molecule has 0 aliphatic heterocycles. The van der Waals surface area contributed by atoms with E-state index in [9.17, 15) is 14.7 Å². The maximum atomic E-state index is 11.4. The van der Waals surface area contributed by atoms with Crippen molar-refractivity contribution in [1.82, 2.24) is 5.32 Å². The summed E-state index contributed by atoms with van der Waals surface area (Å²) in [4.78, 5) is 22.4. The number of hydrogen-bond donors (Lipinski definition) is 2. The van der Waals surface area contributed by atoms with E-state index in [2.05, 4.69) is 10.1 Å². The van der Waals surface area contributed by atoms with Crippen LogP contribution < -0.4 is 10.1 Å². The van der Waals surface area contributed by atoms with Gasteiger partial charge in [0.2, 0.25) is 0 Å². The van der Waals surface area contributed by atoms with E-state index < -0.39 is 17.4 Å². The Morgan fingerprint density at radius 3 is 2.26 bits per heavy atom. The molecule has 0 saturated heterocycles. The van der Waals surface area contributed by atoms with Crippen molar-refractivity contribution in [3.63, 3.8) is 0 Å². The number of aliphatic carboxylic acids is 1. The number of hydrogen-bond acceptors (Lipinski definition) is 5. The number of carbonyl (C=O) groups is 2. The fourth-order valence-electron chi connectivity index (χ4n) is 2.23. The van der Waals surface area contributed by atoms with E-state index in [-0.39, 0.29) is 6.61 Å². The summed E-state index contributed by atoms with van der Waals surface area (Å²) in [5.41, 5.74) is 0.297. The molecular formula is C17H25NO5. The highest BCUT2D eigenvalue weighted by molar-refractivity contribution is 5.74. The third-order valence-electron chi connectivity index (χ3n) is 4.11. The number of methoxy groups -OCH3 is 1. The first-order valence-electron chi connectivity index (χ1n) is 7.70. The summed E-state index contributed by atoms with van der Waals surface area (Å²) < 4.78 is 9.77. The van der Waals surface area contributed by atoms with E-state index in [1.807, 2.05) is 26.0 Å². The second-order valence-corrected chi connectivity index (χ2v) is 5.40. The van der Waals surface area contributed by atoms with Gasteiger partial charge in [0.1, 0.15) is 5.75 Å². The first kappa shape index (κ1) is 19.0. The smallest absolute Gasteiger partial charge is 0.343 e. The largest absolute Gasteiger partial charge is 0.482 e. The Morgan fingerprint density at radius 2 is 1.78 bits per heavy atom. The molecule has 128 valence electrons. The minimum atomic E-state index is -0.762. The molecule has 1 aromatic rings. The van der Waals surface area contributed by atoms with Crippen LogP contribution in [-0.2, 0) is 20.9 Å². The average molecular weight is 323 g/mol. The quantitative estimate of drug-likeness (QED) is 0.642. The average Bonchev–Trinajstić information content (AvgIpc) is 2.57. The van der Waals surface area contributed by atoms with Gasteiger partial charge in [0.25, 0.3) is 0 Å². The molecule has 0 aliphatic rings. The summed E-state index contributed by atoms with van der Waals surface area (Å²) in [6.07, 6.45) is 1.18. The molecule has 6 heteroatoms. The molecule has 6 nitrogen and oxygen atoms in total. The van der Waals surface area contributed by atoms with Gasteiger partial charge in [0.15, 0.2) is 6.61 Å². The Morgan fingerprint density at radius 1 is 1.17 bits per heavy atom. The molecule has 0 amide bonds. The van der Waals surface area contributed by atoms with Crippen LogP contribution in [0.4, 0.5) is 0 Å². The summed E-state index contributed by atoms with van der Waals surface area (Å²) in [5.74, 6) is -0.609. The van der Waals surface area contributed by atoms with Gasteiger partial charge in [0, 0.05) is 13.1 Å². The Kier molecular flexibility index (Phi) is 7.54. The maximum Gasteiger partial charge on any atom is 0.343 e. The fourth-order valence-corrected chi connectivity index (χ4v) is 2.23. The summed E-state index contributed by atoms with van der Waals surface area (Å²) in [6.45, 7) is 4.67. The van der Waals surface area contributed by atoms with Gasteiger partial charge in [-0.2, -0.15) is 0 Å². The van der Waals surface area contributed by atoms with Gasteiger partial charge >= 0.3 is 11.9 Å². The first-order valence-corrected chi connectivity index (χ1v) is 7.70. The van der Waals surface area contributed by atoms with Crippen molar-refractivity contribution in [3.05, 3.63) is 29.8 Å². The van der Waals surface area contributed by atoms with E-state index in [0.29, 0.717) is 31.7 Å². The SMILES string of the molecule is CCC(CC)(CNCc1ccc(OCC(=O)OC)cc1)C(=O)O. The topological polar surface area (TPSA) is 84.9 Å². The molecule has 0 heterocycles. The number of esters is 1. The lowest BCUT2D eigenvalue weighted by Crippen LogP contribution is -2.39. The van der Waals surface area contributed by atoms with Gasteiger partial charge in [0.05, 0.1) is 12.5 Å². The summed E-state index contributed by atoms with van der Waals surface area (Å²) in [7, 11) is 1.31. The van der Waals surface area contributed by atoms with Crippen molar-refractivity contribution < 1.29 is 24.2 Å². The van der Waals surface area contributed by atoms with Crippen LogP contribution in [0.5, 0.6) is 5.75 Å². The highest BCUT2D eigenvalue weighted by Gasteiger charge is 2.34. The second kappa shape index (κ2) is 9.15. The fraction of sp³-hybridized carbons (Fsp3) is 0.529. The Labute approximate surface area is 136 Å². The number of ether oxygens (including phenoxy) is 2. The van der Waals surface area contributed by atoms with E-state index >= 15 is 0 Å². The number of carboxylic acids is 1. The van der Waals surface area contributed by atoms with Crippen LogP contribution in [0.2, 0.25) is 0 Å². The molecule has 2 N–H and O–H groups in total. The van der Waals surface area contributed by atoms with Gasteiger partial charge in [-0.25, -0.2) is 4.79 Å². The Hall–Kier alpha value is -2.08. The second-order valence-electron chi connectivity index (χ2n) is 5.40. The lowest BCUT2D eigenvalue weighted by molar-refractivity contribution is -0.149. The van der Waals surface area contributed by atoms with Crippen molar-refractivity contribution in [2.75, 3.05) is 20.3 Å². The molecule has 1 aromatic carbocycles. The summed E-state index contributed by atoms with van der Waals surface area (Å²) >= 11 is 0. The Balaban J connectivity index is 2.49. The molecular weight excluding hydrogens is 298 g/mol. The predicted molar refractivity (Wildman–Crippen MR) is 86.3 cm³/mol. The predicted octanol–water partition coefficient (Wildman–Crippen LogP) is 2.22. The van der Waals surface area contributed by atoms with Crippen molar-refractivity contribution in [2.24, 2.45) is 5.41 Å². The highest BCUT2D eigenvalue weighted by atomic mass is 16.6. The van der Waals surface area contributed by atoms with E-state index in [4.69, 9.17) is 4.74 Å². The van der Waals surface area contributed by atoms with Crippen LogP contribution >= 0.6 is 0 Å². The zero-order chi connectivity index (χ0) is 17.3. The molecule has 0 aliphatic carbocycles. The minimum Gasteiger partial charge on any atom is -0.482 e. The van der Waals surface area contributed by atoms with Gasteiger partial charge in [-0.05, 0) is 30.5 Å². The molecule has 0 saturated carbocycles. The van der Waals surface area contributed by atoms with Crippen LogP contribution in [-0.4, -0.2) is 37.3 Å². The Bertz CT molecular complexity index is 508. The summed E-state index contributed by atoms with van der Waals surface area (Å²) in [6, 6.07) is 7.29. The molecule has 0 unspecified atom stereocenters. The molecule has 0 atom stereocenters. The summed E-state index contributed by atoms with van der Waals surface area (Å²) in [5, 5.41) is 12.6. The zero-order valence-corrected chi connectivity index (χ0v) is 13.9. The van der Waals surface area contributed by atoms with Crippen LogP contribution in [0.25, 0.3) is 0 Å². The number of rotatable bonds is 10. The molecule has 1 rings (SSSR count). The van der Waals surface area contributed by atoms with Crippen LogP contribution in [0.15, 0.2) is 24.3 Å². The van der Waals surface area contributed by atoms with Crippen LogP contribution in [0, 0.1) is 5.41 Å². The van der Waals surface area contributed by atoms with E-state index in [0.717, 1.165) is 5.56 Å². The number of nitrogens with one attached hydrogen (secondary N) is 1. The van der Waals surface area contributed by atoms with E-state index in [1.165, 1.54) is 7.11 Å². The molecule has 0 radical (unpaired) electrons. The van der Waals surface area contributed by atoms with Gasteiger partial charge in [-0.3, -0.25) is 4.79 Å². The minimum absolute atomic E-state index is 0.123. The van der Waals surface area contributed by atoms with Crippen molar-refractivity contribution >= 4 is 11.9 Å². The van der Waals surface area contributed by atoms with E-state index in [1.54, 1.807) is 12.1 Å². The van der Waals surface area contributed by atoms with Crippen LogP contribution in [0.1, 0.15) is 32.3 Å². The number of benzene rings is 1. The standard InChI is InChI=1S/C17H25NO5/c1-4-17(5-2,16(20)21)12-18-10-13-6-8-14(9-7-13)23-11-15(19)22-3/h6-9,18H,4-5,10-12H2,1-3H3,(H,20,21). The normalized spacial score (nSPS) is 11.1. The lowest BCUT2D eigenvalue weighted by atomic mass is 9.82. The van der Waals surface area contributed by atoms with Gasteiger partial charge in [-0.1, -0.05) is 26.0 Å². The molecule has 0 fully saturated rings. The van der Waals surface area contributed by atoms with Crippen molar-refractivity contribution in [2.45, 2.75) is 33.2 Å². The number of carboxylic acid groups (broad SMARTS) is 1.